The van der Waals surface area contributed by atoms with Crippen LogP contribution in [0.3, 0.4) is 0 Å². The average Bonchev–Trinajstić information content (AvgIpc) is 2.70. The molecule has 2 nitrogen and oxygen atoms in total. The Morgan fingerprint density at radius 2 is 2.40 bits per heavy atom. The SMILES string of the molecule is C[C@@H](NC1CCOC1)c1cccc(F)c1. The molecule has 0 bridgehead atoms. The van der Waals surface area contributed by atoms with E-state index in [-0.39, 0.29) is 11.9 Å². The Morgan fingerprint density at radius 3 is 3.07 bits per heavy atom. The van der Waals surface area contributed by atoms with Gasteiger partial charge in [0.15, 0.2) is 0 Å². The van der Waals surface area contributed by atoms with E-state index in [1.165, 1.54) is 6.07 Å². The third-order valence-corrected chi connectivity index (χ3v) is 2.76. The third kappa shape index (κ3) is 2.76. The van der Waals surface area contributed by atoms with Gasteiger partial charge in [0.05, 0.1) is 6.61 Å². The number of benzene rings is 1. The third-order valence-electron chi connectivity index (χ3n) is 2.76. The molecule has 0 spiro atoms. The standard InChI is InChI=1S/C12H16FNO/c1-9(14-12-5-6-15-8-12)10-3-2-4-11(13)7-10/h2-4,7,9,12,14H,5-6,8H2,1H3/t9-,12?/m1/s1. The zero-order chi connectivity index (χ0) is 10.7. The first kappa shape index (κ1) is 10.6. The first-order valence-corrected chi connectivity index (χ1v) is 5.35. The van der Waals surface area contributed by atoms with Crippen LogP contribution in [0.1, 0.15) is 24.9 Å². The summed E-state index contributed by atoms with van der Waals surface area (Å²) in [4.78, 5) is 0. The lowest BCUT2D eigenvalue weighted by molar-refractivity contribution is 0.188. The molecule has 2 rings (SSSR count). The van der Waals surface area contributed by atoms with Crippen molar-refractivity contribution in [2.24, 2.45) is 0 Å². The van der Waals surface area contributed by atoms with Crippen LogP contribution in [0.4, 0.5) is 4.39 Å². The van der Waals surface area contributed by atoms with Crippen LogP contribution in [0.2, 0.25) is 0 Å². The van der Waals surface area contributed by atoms with Crippen LogP contribution in [0, 0.1) is 5.82 Å². The fraction of sp³-hybridized carbons (Fsp3) is 0.500. The Balaban J connectivity index is 1.97. The molecule has 1 aromatic carbocycles. The molecule has 1 aliphatic heterocycles. The van der Waals surface area contributed by atoms with E-state index in [9.17, 15) is 4.39 Å². The van der Waals surface area contributed by atoms with E-state index in [1.807, 2.05) is 13.0 Å². The van der Waals surface area contributed by atoms with Gasteiger partial charge in [-0.3, -0.25) is 0 Å². The molecule has 1 N–H and O–H groups in total. The molecule has 0 saturated carbocycles. The molecule has 1 fully saturated rings. The Morgan fingerprint density at radius 1 is 1.53 bits per heavy atom. The van der Waals surface area contributed by atoms with Crippen molar-refractivity contribution in [3.8, 4) is 0 Å². The minimum Gasteiger partial charge on any atom is -0.380 e. The molecular formula is C12H16FNO. The van der Waals surface area contributed by atoms with Crippen molar-refractivity contribution < 1.29 is 9.13 Å². The Kier molecular flexibility index (Phi) is 3.34. The molecule has 2 atom stereocenters. The summed E-state index contributed by atoms with van der Waals surface area (Å²) in [5.41, 5.74) is 0.988. The summed E-state index contributed by atoms with van der Waals surface area (Å²) >= 11 is 0. The summed E-state index contributed by atoms with van der Waals surface area (Å²) in [6.45, 7) is 3.64. The second-order valence-corrected chi connectivity index (χ2v) is 4.00. The number of nitrogens with one attached hydrogen (secondary N) is 1. The van der Waals surface area contributed by atoms with Crippen molar-refractivity contribution in [1.29, 1.82) is 0 Å². The lowest BCUT2D eigenvalue weighted by atomic mass is 10.1. The predicted octanol–water partition coefficient (Wildman–Crippen LogP) is 2.27. The smallest absolute Gasteiger partial charge is 0.123 e. The van der Waals surface area contributed by atoms with E-state index in [2.05, 4.69) is 5.32 Å². The fourth-order valence-corrected chi connectivity index (χ4v) is 1.89. The zero-order valence-corrected chi connectivity index (χ0v) is 8.87. The van der Waals surface area contributed by atoms with Gasteiger partial charge in [0.1, 0.15) is 5.82 Å². The van der Waals surface area contributed by atoms with Crippen molar-refractivity contribution in [3.63, 3.8) is 0 Å². The van der Waals surface area contributed by atoms with E-state index >= 15 is 0 Å². The molecule has 82 valence electrons. The van der Waals surface area contributed by atoms with Crippen LogP contribution in [0.25, 0.3) is 0 Å². The highest BCUT2D eigenvalue weighted by Gasteiger charge is 2.18. The summed E-state index contributed by atoms with van der Waals surface area (Å²) in [6, 6.07) is 7.31. The lowest BCUT2D eigenvalue weighted by Gasteiger charge is -2.18. The Labute approximate surface area is 89.4 Å². The molecular weight excluding hydrogens is 193 g/mol. The second-order valence-electron chi connectivity index (χ2n) is 4.00. The molecule has 1 unspecified atom stereocenters. The van der Waals surface area contributed by atoms with Gasteiger partial charge in [0.2, 0.25) is 0 Å². The summed E-state index contributed by atoms with van der Waals surface area (Å²) in [7, 11) is 0. The van der Waals surface area contributed by atoms with Crippen molar-refractivity contribution in [1.82, 2.24) is 5.32 Å². The van der Waals surface area contributed by atoms with Gasteiger partial charge in [-0.05, 0) is 31.0 Å². The van der Waals surface area contributed by atoms with Crippen molar-refractivity contribution >= 4 is 0 Å². The maximum atomic E-state index is 13.0. The normalized spacial score (nSPS) is 22.9. The van der Waals surface area contributed by atoms with Gasteiger partial charge < -0.3 is 10.1 Å². The molecule has 0 amide bonds. The first-order valence-electron chi connectivity index (χ1n) is 5.35. The predicted molar refractivity (Wildman–Crippen MR) is 57.2 cm³/mol. The average molecular weight is 209 g/mol. The molecule has 1 heterocycles. The van der Waals surface area contributed by atoms with E-state index in [0.29, 0.717) is 6.04 Å². The number of ether oxygens (including phenoxy) is 1. The minimum absolute atomic E-state index is 0.174. The number of halogens is 1. The van der Waals surface area contributed by atoms with Crippen molar-refractivity contribution in [3.05, 3.63) is 35.6 Å². The minimum atomic E-state index is -0.177. The molecule has 0 radical (unpaired) electrons. The van der Waals surface area contributed by atoms with Crippen molar-refractivity contribution in [2.45, 2.75) is 25.4 Å². The summed E-state index contributed by atoms with van der Waals surface area (Å²) in [5.74, 6) is -0.177. The van der Waals surface area contributed by atoms with E-state index in [0.717, 1.165) is 25.2 Å². The largest absolute Gasteiger partial charge is 0.380 e. The Bertz CT molecular complexity index is 323. The molecule has 1 saturated heterocycles. The maximum absolute atomic E-state index is 13.0. The van der Waals surface area contributed by atoms with Crippen LogP contribution < -0.4 is 5.32 Å². The molecule has 1 aromatic rings. The van der Waals surface area contributed by atoms with Gasteiger partial charge >= 0.3 is 0 Å². The number of hydrogen-bond donors (Lipinski definition) is 1. The monoisotopic (exact) mass is 209 g/mol. The lowest BCUT2D eigenvalue weighted by Crippen LogP contribution is -2.31. The summed E-state index contributed by atoms with van der Waals surface area (Å²) < 4.78 is 18.3. The Hall–Kier alpha value is -0.930. The van der Waals surface area contributed by atoms with E-state index in [4.69, 9.17) is 4.74 Å². The van der Waals surface area contributed by atoms with Gasteiger partial charge in [-0.15, -0.1) is 0 Å². The molecule has 0 aliphatic carbocycles. The van der Waals surface area contributed by atoms with Gasteiger partial charge in [-0.25, -0.2) is 4.39 Å². The van der Waals surface area contributed by atoms with Gasteiger partial charge in [0, 0.05) is 18.7 Å². The van der Waals surface area contributed by atoms with E-state index < -0.39 is 0 Å². The van der Waals surface area contributed by atoms with Crippen LogP contribution in [0.15, 0.2) is 24.3 Å². The summed E-state index contributed by atoms with van der Waals surface area (Å²) in [5, 5.41) is 3.43. The van der Waals surface area contributed by atoms with Gasteiger partial charge in [-0.1, -0.05) is 12.1 Å². The topological polar surface area (TPSA) is 21.3 Å². The highest BCUT2D eigenvalue weighted by Crippen LogP contribution is 2.16. The highest BCUT2D eigenvalue weighted by atomic mass is 19.1. The van der Waals surface area contributed by atoms with Crippen LogP contribution in [-0.4, -0.2) is 19.3 Å². The maximum Gasteiger partial charge on any atom is 0.123 e. The molecule has 0 aromatic heterocycles. The fourth-order valence-electron chi connectivity index (χ4n) is 1.89. The molecule has 3 heteroatoms. The van der Waals surface area contributed by atoms with Gasteiger partial charge in [0.25, 0.3) is 0 Å². The van der Waals surface area contributed by atoms with Crippen LogP contribution in [0.5, 0.6) is 0 Å². The number of rotatable bonds is 3. The molecule has 1 aliphatic rings. The zero-order valence-electron chi connectivity index (χ0n) is 8.87. The highest BCUT2D eigenvalue weighted by molar-refractivity contribution is 5.19. The van der Waals surface area contributed by atoms with Crippen LogP contribution in [-0.2, 0) is 4.74 Å². The van der Waals surface area contributed by atoms with Crippen LogP contribution >= 0.6 is 0 Å². The summed E-state index contributed by atoms with van der Waals surface area (Å²) in [6.07, 6.45) is 1.04. The number of hydrogen-bond acceptors (Lipinski definition) is 2. The van der Waals surface area contributed by atoms with Gasteiger partial charge in [-0.2, -0.15) is 0 Å². The van der Waals surface area contributed by atoms with Crippen molar-refractivity contribution in [2.75, 3.05) is 13.2 Å². The van der Waals surface area contributed by atoms with E-state index in [1.54, 1.807) is 12.1 Å². The quantitative estimate of drug-likeness (QED) is 0.824. The first-order chi connectivity index (χ1) is 7.25. The molecule has 15 heavy (non-hydrogen) atoms. The second kappa shape index (κ2) is 4.73.